The lowest BCUT2D eigenvalue weighted by atomic mass is 9.98. The van der Waals surface area contributed by atoms with E-state index >= 15 is 0 Å². The summed E-state index contributed by atoms with van der Waals surface area (Å²) in [6.07, 6.45) is 0. The molecule has 0 spiro atoms. The van der Waals surface area contributed by atoms with Crippen LogP contribution in [0.4, 0.5) is 4.39 Å². The van der Waals surface area contributed by atoms with Gasteiger partial charge in [-0.15, -0.1) is 0 Å². The highest BCUT2D eigenvalue weighted by atomic mass is 19.1. The van der Waals surface area contributed by atoms with Gasteiger partial charge in [0.05, 0.1) is 22.8 Å². The Hall–Kier alpha value is -1.44. The maximum absolute atomic E-state index is 14.0. The van der Waals surface area contributed by atoms with E-state index in [4.69, 9.17) is 10.00 Å². The summed E-state index contributed by atoms with van der Waals surface area (Å²) in [6.45, 7) is 10.3. The van der Waals surface area contributed by atoms with E-state index < -0.39 is 0 Å². The van der Waals surface area contributed by atoms with Gasteiger partial charge in [-0.2, -0.15) is 5.26 Å². The van der Waals surface area contributed by atoms with Crippen LogP contribution in [0.15, 0.2) is 18.2 Å². The molecule has 108 valence electrons. The van der Waals surface area contributed by atoms with Crippen LogP contribution in [0.1, 0.15) is 38.8 Å². The Bertz CT molecular complexity index is 530. The molecule has 1 aromatic carbocycles. The van der Waals surface area contributed by atoms with Crippen molar-refractivity contribution >= 4 is 0 Å². The van der Waals surface area contributed by atoms with Gasteiger partial charge >= 0.3 is 0 Å². The van der Waals surface area contributed by atoms with Crippen molar-refractivity contribution in [1.82, 2.24) is 4.90 Å². The summed E-state index contributed by atoms with van der Waals surface area (Å²) in [5, 5.41) is 8.77. The van der Waals surface area contributed by atoms with Gasteiger partial charge in [-0.25, -0.2) is 4.39 Å². The number of ether oxygens (including phenoxy) is 1. The van der Waals surface area contributed by atoms with Gasteiger partial charge in [0, 0.05) is 25.2 Å². The first kappa shape index (κ1) is 15.0. The molecule has 0 N–H and O–H groups in total. The lowest BCUT2D eigenvalue weighted by Crippen LogP contribution is -2.56. The first-order valence-electron chi connectivity index (χ1n) is 6.82. The van der Waals surface area contributed by atoms with E-state index in [1.54, 1.807) is 12.1 Å². The summed E-state index contributed by atoms with van der Waals surface area (Å²) in [4.78, 5) is 2.20. The lowest BCUT2D eigenvalue weighted by Gasteiger charge is -2.47. The summed E-state index contributed by atoms with van der Waals surface area (Å²) in [5.74, 6) is -0.314. The fourth-order valence-electron chi connectivity index (χ4n) is 3.04. The molecule has 1 aliphatic rings. The van der Waals surface area contributed by atoms with Crippen LogP contribution < -0.4 is 0 Å². The van der Waals surface area contributed by atoms with Gasteiger partial charge in [0.1, 0.15) is 5.82 Å². The molecule has 20 heavy (non-hydrogen) atoms. The van der Waals surface area contributed by atoms with E-state index in [2.05, 4.69) is 32.6 Å². The third-order valence-electron chi connectivity index (χ3n) is 3.34. The van der Waals surface area contributed by atoms with E-state index in [-0.39, 0.29) is 17.0 Å². The van der Waals surface area contributed by atoms with Crippen LogP contribution in [-0.2, 0) is 11.3 Å². The third-order valence-corrected chi connectivity index (χ3v) is 3.34. The van der Waals surface area contributed by atoms with Crippen molar-refractivity contribution in [3.63, 3.8) is 0 Å². The zero-order valence-corrected chi connectivity index (χ0v) is 12.5. The molecule has 0 unspecified atom stereocenters. The smallest absolute Gasteiger partial charge is 0.129 e. The van der Waals surface area contributed by atoms with Gasteiger partial charge < -0.3 is 4.74 Å². The zero-order valence-electron chi connectivity index (χ0n) is 12.5. The minimum atomic E-state index is -0.314. The predicted molar refractivity (Wildman–Crippen MR) is 75.6 cm³/mol. The van der Waals surface area contributed by atoms with Crippen molar-refractivity contribution in [3.8, 4) is 6.07 Å². The molecule has 0 radical (unpaired) electrons. The number of nitriles is 1. The number of hydrogen-bond acceptors (Lipinski definition) is 3. The van der Waals surface area contributed by atoms with Crippen molar-refractivity contribution < 1.29 is 9.13 Å². The molecular weight excluding hydrogens is 255 g/mol. The predicted octanol–water partition coefficient (Wildman–Crippen LogP) is 3.09. The second-order valence-electron chi connectivity index (χ2n) is 6.68. The second kappa shape index (κ2) is 5.16. The summed E-state index contributed by atoms with van der Waals surface area (Å²) >= 11 is 0. The normalized spacial score (nSPS) is 21.4. The van der Waals surface area contributed by atoms with Crippen LogP contribution >= 0.6 is 0 Å². The van der Waals surface area contributed by atoms with E-state index in [0.717, 1.165) is 13.1 Å². The Morgan fingerprint density at radius 3 is 2.35 bits per heavy atom. The number of rotatable bonds is 2. The fourth-order valence-corrected chi connectivity index (χ4v) is 3.04. The zero-order chi connectivity index (χ0) is 15.0. The highest BCUT2D eigenvalue weighted by Gasteiger charge is 2.38. The molecule has 4 heteroatoms. The largest absolute Gasteiger partial charge is 0.367 e. The summed E-state index contributed by atoms with van der Waals surface area (Å²) < 4.78 is 20.0. The van der Waals surface area contributed by atoms with Gasteiger partial charge in [0.25, 0.3) is 0 Å². The molecule has 1 saturated heterocycles. The van der Waals surface area contributed by atoms with Crippen LogP contribution in [0.3, 0.4) is 0 Å². The van der Waals surface area contributed by atoms with Gasteiger partial charge in [0.15, 0.2) is 0 Å². The Kier molecular flexibility index (Phi) is 3.86. The molecule has 0 saturated carbocycles. The molecule has 0 bridgehead atoms. The number of benzene rings is 1. The highest BCUT2D eigenvalue weighted by Crippen LogP contribution is 2.29. The molecule has 0 aliphatic carbocycles. The number of morpholine rings is 1. The Morgan fingerprint density at radius 1 is 1.25 bits per heavy atom. The molecule has 2 rings (SSSR count). The van der Waals surface area contributed by atoms with E-state index in [1.165, 1.54) is 6.07 Å². The monoisotopic (exact) mass is 276 g/mol. The number of hydrogen-bond donors (Lipinski definition) is 0. The van der Waals surface area contributed by atoms with Crippen LogP contribution in [0, 0.1) is 17.1 Å². The number of halogens is 1. The average molecular weight is 276 g/mol. The Balaban J connectivity index is 2.16. The van der Waals surface area contributed by atoms with Crippen LogP contribution in [0.2, 0.25) is 0 Å². The molecule has 0 amide bonds. The van der Waals surface area contributed by atoms with Crippen LogP contribution in [-0.4, -0.2) is 29.2 Å². The molecule has 3 nitrogen and oxygen atoms in total. The van der Waals surface area contributed by atoms with Gasteiger partial charge in [0.2, 0.25) is 0 Å². The molecule has 1 aromatic rings. The molecular formula is C16H21FN2O. The first-order chi connectivity index (χ1) is 9.21. The van der Waals surface area contributed by atoms with Crippen molar-refractivity contribution in [2.45, 2.75) is 45.4 Å². The molecule has 1 fully saturated rings. The van der Waals surface area contributed by atoms with Crippen LogP contribution in [0.25, 0.3) is 0 Å². The van der Waals surface area contributed by atoms with E-state index in [9.17, 15) is 4.39 Å². The second-order valence-corrected chi connectivity index (χ2v) is 6.68. The Morgan fingerprint density at radius 2 is 1.85 bits per heavy atom. The minimum Gasteiger partial charge on any atom is -0.367 e. The Labute approximate surface area is 120 Å². The first-order valence-corrected chi connectivity index (χ1v) is 6.82. The number of nitrogens with zero attached hydrogens (tertiary/aromatic N) is 2. The highest BCUT2D eigenvalue weighted by molar-refractivity contribution is 5.32. The van der Waals surface area contributed by atoms with Crippen molar-refractivity contribution in [3.05, 3.63) is 35.1 Å². The lowest BCUT2D eigenvalue weighted by molar-refractivity contribution is -0.182. The maximum Gasteiger partial charge on any atom is 0.129 e. The molecule has 0 aromatic heterocycles. The summed E-state index contributed by atoms with van der Waals surface area (Å²) in [7, 11) is 0. The van der Waals surface area contributed by atoms with E-state index in [1.807, 2.05) is 6.07 Å². The standard InChI is InChI=1S/C16H21FN2O/c1-15(2)10-19(11-16(3,4)20-15)9-13-6-5-12(8-18)7-14(13)17/h5-7H,9-11H2,1-4H3. The quantitative estimate of drug-likeness (QED) is 0.833. The van der Waals surface area contributed by atoms with Gasteiger partial charge in [-0.05, 0) is 39.8 Å². The fraction of sp³-hybridized carbons (Fsp3) is 0.562. The van der Waals surface area contributed by atoms with E-state index in [0.29, 0.717) is 17.7 Å². The van der Waals surface area contributed by atoms with Crippen LogP contribution in [0.5, 0.6) is 0 Å². The van der Waals surface area contributed by atoms with Crippen molar-refractivity contribution in [2.75, 3.05) is 13.1 Å². The van der Waals surface area contributed by atoms with Gasteiger partial charge in [-0.1, -0.05) is 6.07 Å². The summed E-state index contributed by atoms with van der Waals surface area (Å²) in [5.41, 5.74) is 0.488. The third kappa shape index (κ3) is 3.56. The SMILES string of the molecule is CC1(C)CN(Cc2ccc(C#N)cc2F)CC(C)(C)O1. The average Bonchev–Trinajstić information content (AvgIpc) is 2.27. The topological polar surface area (TPSA) is 36.3 Å². The molecule has 0 atom stereocenters. The van der Waals surface area contributed by atoms with Crippen molar-refractivity contribution in [1.29, 1.82) is 5.26 Å². The maximum atomic E-state index is 14.0. The molecule has 1 heterocycles. The minimum absolute atomic E-state index is 0.245. The summed E-state index contributed by atoms with van der Waals surface area (Å²) in [6, 6.07) is 6.61. The van der Waals surface area contributed by atoms with Gasteiger partial charge in [-0.3, -0.25) is 4.90 Å². The molecule has 1 aliphatic heterocycles. The van der Waals surface area contributed by atoms with Crippen molar-refractivity contribution in [2.24, 2.45) is 0 Å².